The third kappa shape index (κ3) is 2.36. The fraction of sp³-hybridized carbons (Fsp3) is 0.333. The molecule has 0 spiro atoms. The molecule has 1 amide bonds. The number of carbonyl (C=O) groups excluding carboxylic acids is 1. The second-order valence-corrected chi connectivity index (χ2v) is 7.16. The van der Waals surface area contributed by atoms with Gasteiger partial charge in [0.2, 0.25) is 0 Å². The van der Waals surface area contributed by atoms with Gasteiger partial charge in [0, 0.05) is 42.7 Å². The minimum absolute atomic E-state index is 0.152. The highest BCUT2D eigenvalue weighted by atomic mass is 16.2. The number of rotatable bonds is 1. The van der Waals surface area contributed by atoms with Crippen molar-refractivity contribution < 1.29 is 4.79 Å². The summed E-state index contributed by atoms with van der Waals surface area (Å²) in [5.74, 6) is 0.636. The molecule has 0 bridgehead atoms. The molecule has 3 aromatic rings. The van der Waals surface area contributed by atoms with Gasteiger partial charge in [-0.25, -0.2) is 4.98 Å². The Labute approximate surface area is 147 Å². The number of aryl methyl sites for hydroxylation is 1. The number of fused-ring (bicyclic) bond motifs is 4. The monoisotopic (exact) mass is 331 g/mol. The molecule has 4 heteroatoms. The number of nitrogens with zero attached hydrogens (tertiary/aromatic N) is 3. The van der Waals surface area contributed by atoms with Gasteiger partial charge in [0.25, 0.3) is 5.91 Å². The minimum Gasteiger partial charge on any atom is -0.335 e. The number of carbonyl (C=O) groups is 1. The van der Waals surface area contributed by atoms with Crippen molar-refractivity contribution in [1.29, 1.82) is 0 Å². The zero-order valence-corrected chi connectivity index (χ0v) is 14.1. The number of hydrogen-bond donors (Lipinski definition) is 0. The number of benzene rings is 1. The lowest BCUT2D eigenvalue weighted by Gasteiger charge is -2.45. The fourth-order valence-electron chi connectivity index (χ4n) is 4.66. The van der Waals surface area contributed by atoms with E-state index in [1.807, 2.05) is 28.9 Å². The molecule has 126 valence electrons. The van der Waals surface area contributed by atoms with Crippen molar-refractivity contribution in [2.24, 2.45) is 0 Å². The topological polar surface area (TPSA) is 37.6 Å². The summed E-state index contributed by atoms with van der Waals surface area (Å²) < 4.78 is 1.94. The van der Waals surface area contributed by atoms with Gasteiger partial charge in [-0.3, -0.25) is 4.79 Å². The Morgan fingerprint density at radius 2 is 2.04 bits per heavy atom. The van der Waals surface area contributed by atoms with Crippen molar-refractivity contribution in [1.82, 2.24) is 14.3 Å². The summed E-state index contributed by atoms with van der Waals surface area (Å²) in [6.07, 6.45) is 9.99. The molecule has 0 radical (unpaired) electrons. The molecule has 25 heavy (non-hydrogen) atoms. The van der Waals surface area contributed by atoms with Crippen LogP contribution >= 0.6 is 0 Å². The van der Waals surface area contributed by atoms with Gasteiger partial charge in [0.15, 0.2) is 0 Å². The van der Waals surface area contributed by atoms with Crippen LogP contribution in [-0.4, -0.2) is 32.8 Å². The van der Waals surface area contributed by atoms with Crippen molar-refractivity contribution in [2.45, 2.75) is 37.6 Å². The molecule has 1 fully saturated rings. The van der Waals surface area contributed by atoms with E-state index < -0.39 is 0 Å². The number of aromatic nitrogens is 2. The second kappa shape index (κ2) is 5.73. The lowest BCUT2D eigenvalue weighted by atomic mass is 9.74. The Morgan fingerprint density at radius 3 is 3.00 bits per heavy atom. The van der Waals surface area contributed by atoms with Crippen molar-refractivity contribution >= 4 is 11.6 Å². The highest BCUT2D eigenvalue weighted by Gasteiger charge is 2.38. The smallest absolute Gasteiger partial charge is 0.254 e. The van der Waals surface area contributed by atoms with Gasteiger partial charge in [0.1, 0.15) is 5.65 Å². The molecule has 0 N–H and O–H groups in total. The maximum absolute atomic E-state index is 13.2. The standard InChI is InChI=1S/C21H21N3O/c25-21(16-9-12-23-13-10-22-20(23)14-16)24-11-3-6-18-17-5-2-1-4-15(17)7-8-19(18)24/h1-2,4-5,9-10,12-14,18-19H,3,6-8,11H2/t18?,19-/m0/s1. The van der Waals surface area contributed by atoms with Gasteiger partial charge in [-0.05, 0) is 48.9 Å². The maximum Gasteiger partial charge on any atom is 0.254 e. The Balaban J connectivity index is 1.48. The van der Waals surface area contributed by atoms with Crippen LogP contribution in [0.15, 0.2) is 55.0 Å². The van der Waals surface area contributed by atoms with E-state index in [0.29, 0.717) is 12.0 Å². The van der Waals surface area contributed by atoms with E-state index in [1.54, 1.807) is 6.20 Å². The Hall–Kier alpha value is -2.62. The van der Waals surface area contributed by atoms with Gasteiger partial charge in [-0.1, -0.05) is 24.3 Å². The zero-order chi connectivity index (χ0) is 16.8. The number of pyridine rings is 1. The van der Waals surface area contributed by atoms with E-state index >= 15 is 0 Å². The number of likely N-dealkylation sites (tertiary alicyclic amines) is 1. The van der Waals surface area contributed by atoms with Crippen LogP contribution in [0.4, 0.5) is 0 Å². The largest absolute Gasteiger partial charge is 0.335 e. The summed E-state index contributed by atoms with van der Waals surface area (Å²) in [4.78, 5) is 19.7. The Bertz CT molecular complexity index is 945. The lowest BCUT2D eigenvalue weighted by molar-refractivity contribution is 0.0547. The van der Waals surface area contributed by atoms with Crippen LogP contribution < -0.4 is 0 Å². The average Bonchev–Trinajstić information content (AvgIpc) is 3.14. The molecule has 1 aliphatic heterocycles. The molecule has 4 nitrogen and oxygen atoms in total. The first-order chi connectivity index (χ1) is 12.3. The predicted octanol–water partition coefficient (Wildman–Crippen LogP) is 3.67. The number of amides is 1. The highest BCUT2D eigenvalue weighted by molar-refractivity contribution is 5.95. The van der Waals surface area contributed by atoms with Crippen LogP contribution in [0.5, 0.6) is 0 Å². The van der Waals surface area contributed by atoms with Crippen molar-refractivity contribution in [2.75, 3.05) is 6.54 Å². The lowest BCUT2D eigenvalue weighted by Crippen LogP contribution is -2.49. The molecule has 2 aliphatic rings. The molecule has 1 aliphatic carbocycles. The van der Waals surface area contributed by atoms with Crippen LogP contribution in [-0.2, 0) is 6.42 Å². The van der Waals surface area contributed by atoms with Crippen LogP contribution in [0, 0.1) is 0 Å². The highest BCUT2D eigenvalue weighted by Crippen LogP contribution is 2.41. The first-order valence-electron chi connectivity index (χ1n) is 9.13. The summed E-state index contributed by atoms with van der Waals surface area (Å²) >= 11 is 0. The summed E-state index contributed by atoms with van der Waals surface area (Å²) in [6, 6.07) is 12.9. The van der Waals surface area contributed by atoms with Crippen molar-refractivity contribution in [3.05, 3.63) is 71.7 Å². The molecular formula is C21H21N3O. The Morgan fingerprint density at radius 1 is 1.12 bits per heavy atom. The van der Waals surface area contributed by atoms with Crippen LogP contribution in [0.1, 0.15) is 46.7 Å². The SMILES string of the molecule is O=C(c1ccn2ccnc2c1)N1CCCC2c3ccccc3CC[C@@H]21. The van der Waals surface area contributed by atoms with Gasteiger partial charge in [0.05, 0.1) is 0 Å². The van der Waals surface area contributed by atoms with Gasteiger partial charge >= 0.3 is 0 Å². The summed E-state index contributed by atoms with van der Waals surface area (Å²) in [7, 11) is 0. The van der Waals surface area contributed by atoms with Crippen molar-refractivity contribution in [3.63, 3.8) is 0 Å². The van der Waals surface area contributed by atoms with Gasteiger partial charge < -0.3 is 9.30 Å². The average molecular weight is 331 g/mol. The molecule has 3 heterocycles. The van der Waals surface area contributed by atoms with Gasteiger partial charge in [-0.2, -0.15) is 0 Å². The molecule has 0 saturated carbocycles. The van der Waals surface area contributed by atoms with E-state index in [1.165, 1.54) is 17.5 Å². The van der Waals surface area contributed by atoms with E-state index in [0.717, 1.165) is 37.0 Å². The zero-order valence-electron chi connectivity index (χ0n) is 14.1. The molecule has 1 aromatic carbocycles. The summed E-state index contributed by atoms with van der Waals surface area (Å²) in [5.41, 5.74) is 4.50. The second-order valence-electron chi connectivity index (χ2n) is 7.16. The van der Waals surface area contributed by atoms with Crippen LogP contribution in [0.2, 0.25) is 0 Å². The maximum atomic E-state index is 13.2. The van der Waals surface area contributed by atoms with Crippen molar-refractivity contribution in [3.8, 4) is 0 Å². The first-order valence-corrected chi connectivity index (χ1v) is 9.13. The van der Waals surface area contributed by atoms with E-state index in [9.17, 15) is 4.79 Å². The quantitative estimate of drug-likeness (QED) is 0.682. The molecule has 2 aromatic heterocycles. The van der Waals surface area contributed by atoms with Crippen LogP contribution in [0.3, 0.4) is 0 Å². The minimum atomic E-state index is 0.152. The third-order valence-electron chi connectivity index (χ3n) is 5.85. The number of piperidine rings is 1. The molecule has 1 saturated heterocycles. The summed E-state index contributed by atoms with van der Waals surface area (Å²) in [5, 5.41) is 0. The first kappa shape index (κ1) is 14.7. The van der Waals surface area contributed by atoms with E-state index in [4.69, 9.17) is 0 Å². The fourth-order valence-corrected chi connectivity index (χ4v) is 4.66. The Kier molecular flexibility index (Phi) is 3.37. The van der Waals surface area contributed by atoms with E-state index in [2.05, 4.69) is 34.1 Å². The third-order valence-corrected chi connectivity index (χ3v) is 5.85. The molecule has 5 rings (SSSR count). The van der Waals surface area contributed by atoms with Crippen LogP contribution in [0.25, 0.3) is 5.65 Å². The molecule has 2 atom stereocenters. The molecular weight excluding hydrogens is 310 g/mol. The predicted molar refractivity (Wildman–Crippen MR) is 96.8 cm³/mol. The normalized spacial score (nSPS) is 22.5. The number of hydrogen-bond acceptors (Lipinski definition) is 2. The van der Waals surface area contributed by atoms with Gasteiger partial charge in [-0.15, -0.1) is 0 Å². The summed E-state index contributed by atoms with van der Waals surface area (Å²) in [6.45, 7) is 0.863. The number of imidazole rings is 1. The molecule has 1 unspecified atom stereocenters. The van der Waals surface area contributed by atoms with E-state index in [-0.39, 0.29) is 5.91 Å².